The Labute approximate surface area is 184 Å². The van der Waals surface area contributed by atoms with Crippen LogP contribution in [0.1, 0.15) is 41.4 Å². The number of aromatic nitrogens is 3. The highest BCUT2D eigenvalue weighted by Crippen LogP contribution is 2.44. The van der Waals surface area contributed by atoms with Crippen molar-refractivity contribution in [3.05, 3.63) is 51.8 Å². The van der Waals surface area contributed by atoms with E-state index in [1.165, 1.54) is 16.9 Å². The van der Waals surface area contributed by atoms with E-state index in [0.29, 0.717) is 13.0 Å². The lowest BCUT2D eigenvalue weighted by Crippen LogP contribution is -2.19. The highest BCUT2D eigenvalue weighted by molar-refractivity contribution is 5.95. The molecule has 0 N–H and O–H groups in total. The highest BCUT2D eigenvalue weighted by atomic mass is 19.4. The number of benzene rings is 1. The minimum atomic E-state index is -4.85. The summed E-state index contributed by atoms with van der Waals surface area (Å²) in [7, 11) is 1.01. The van der Waals surface area contributed by atoms with Gasteiger partial charge in [-0.05, 0) is 37.5 Å². The molecular weight excluding hydrogens is 449 g/mol. The van der Waals surface area contributed by atoms with Crippen molar-refractivity contribution < 1.29 is 37.1 Å². The van der Waals surface area contributed by atoms with Gasteiger partial charge in [0.2, 0.25) is 0 Å². The van der Waals surface area contributed by atoms with Gasteiger partial charge in [-0.3, -0.25) is 10.1 Å². The maximum atomic E-state index is 13.8. The van der Waals surface area contributed by atoms with Crippen LogP contribution < -0.4 is 4.74 Å². The van der Waals surface area contributed by atoms with Gasteiger partial charge >= 0.3 is 23.7 Å². The minimum absolute atomic E-state index is 0.0430. The van der Waals surface area contributed by atoms with Crippen LogP contribution in [-0.4, -0.2) is 39.4 Å². The van der Waals surface area contributed by atoms with E-state index in [1.807, 2.05) is 0 Å². The summed E-state index contributed by atoms with van der Waals surface area (Å²) in [5.41, 5.74) is -2.33. The van der Waals surface area contributed by atoms with Crippen LogP contribution in [0.4, 0.5) is 18.9 Å². The summed E-state index contributed by atoms with van der Waals surface area (Å²) >= 11 is 0. The first-order valence-corrected chi connectivity index (χ1v) is 9.81. The number of ether oxygens (including phenoxy) is 3. The molecule has 13 heteroatoms. The fraction of sp³-hybridized carbons (Fsp3) is 0.350. The fourth-order valence-electron chi connectivity index (χ4n) is 3.63. The van der Waals surface area contributed by atoms with Gasteiger partial charge in [-0.1, -0.05) is 0 Å². The van der Waals surface area contributed by atoms with E-state index in [2.05, 4.69) is 14.8 Å². The maximum Gasteiger partial charge on any atom is 0.420 e. The van der Waals surface area contributed by atoms with Crippen molar-refractivity contribution in [2.75, 3.05) is 13.7 Å². The van der Waals surface area contributed by atoms with Crippen molar-refractivity contribution in [3.8, 4) is 11.6 Å². The van der Waals surface area contributed by atoms with Crippen LogP contribution in [0.2, 0.25) is 0 Å². The van der Waals surface area contributed by atoms with Crippen molar-refractivity contribution in [2.45, 2.75) is 31.7 Å². The molecule has 10 nitrogen and oxygen atoms in total. The molecule has 1 fully saturated rings. The first-order chi connectivity index (χ1) is 15.7. The van der Waals surface area contributed by atoms with Gasteiger partial charge in [0.25, 0.3) is 0 Å². The molecule has 2 aromatic heterocycles. The maximum absolute atomic E-state index is 13.8. The topological polar surface area (TPSA) is 119 Å². The zero-order valence-corrected chi connectivity index (χ0v) is 17.2. The average molecular weight is 466 g/mol. The van der Waals surface area contributed by atoms with E-state index >= 15 is 0 Å². The predicted octanol–water partition coefficient (Wildman–Crippen LogP) is 4.64. The molecular formula is C20H17F3N4O6. The Morgan fingerprint density at radius 2 is 2.09 bits per heavy atom. The van der Waals surface area contributed by atoms with Crippen LogP contribution in [0.3, 0.4) is 0 Å². The number of alkyl halides is 3. The van der Waals surface area contributed by atoms with Crippen LogP contribution in [0.5, 0.6) is 11.6 Å². The molecule has 1 aliphatic heterocycles. The number of fused-ring (bicyclic) bond motifs is 1. The second kappa shape index (κ2) is 8.65. The van der Waals surface area contributed by atoms with Crippen molar-refractivity contribution in [1.29, 1.82) is 0 Å². The van der Waals surface area contributed by atoms with Crippen molar-refractivity contribution >= 4 is 22.6 Å². The van der Waals surface area contributed by atoms with E-state index in [4.69, 9.17) is 9.47 Å². The van der Waals surface area contributed by atoms with Crippen molar-refractivity contribution in [2.24, 2.45) is 0 Å². The molecule has 0 saturated carbocycles. The van der Waals surface area contributed by atoms with Crippen LogP contribution in [0, 0.1) is 10.1 Å². The lowest BCUT2D eigenvalue weighted by molar-refractivity contribution is -0.386. The second-order valence-corrected chi connectivity index (χ2v) is 7.15. The largest absolute Gasteiger partial charge is 0.465 e. The number of methoxy groups -OCH3 is 1. The first-order valence-electron chi connectivity index (χ1n) is 9.81. The smallest absolute Gasteiger partial charge is 0.420 e. The van der Waals surface area contributed by atoms with Crippen molar-refractivity contribution in [3.63, 3.8) is 0 Å². The average Bonchev–Trinajstić information content (AvgIpc) is 3.23. The molecule has 0 spiro atoms. The van der Waals surface area contributed by atoms with Gasteiger partial charge in [0, 0.05) is 12.8 Å². The lowest BCUT2D eigenvalue weighted by atomic mass is 10.1. The van der Waals surface area contributed by atoms with E-state index in [0.717, 1.165) is 38.3 Å². The number of carbonyl (C=O) groups is 1. The molecule has 1 unspecified atom stereocenters. The fourth-order valence-corrected chi connectivity index (χ4v) is 3.63. The lowest BCUT2D eigenvalue weighted by Gasteiger charge is -2.23. The van der Waals surface area contributed by atoms with Crippen LogP contribution >= 0.6 is 0 Å². The summed E-state index contributed by atoms with van der Waals surface area (Å²) in [5.74, 6) is -2.58. The summed E-state index contributed by atoms with van der Waals surface area (Å²) in [5, 5.41) is 15.8. The Bertz CT molecular complexity index is 1220. The molecule has 1 saturated heterocycles. The van der Waals surface area contributed by atoms with Gasteiger partial charge < -0.3 is 14.2 Å². The standard InChI is InChI=1S/C20H17F3N4O6/c1-31-19(28)11-7-8-24-18(16(11)27(29)30)33-17-12-10-25-26(15-4-2-3-9-32-15)14(12)6-5-13(17)20(21,22)23/h5-8,10,15H,2-4,9H2,1H3. The first kappa shape index (κ1) is 22.5. The summed E-state index contributed by atoms with van der Waals surface area (Å²) < 4.78 is 58.5. The molecule has 1 aliphatic rings. The number of carbonyl (C=O) groups excluding carboxylic acids is 1. The molecule has 174 valence electrons. The van der Waals surface area contributed by atoms with Crippen molar-refractivity contribution in [1.82, 2.24) is 14.8 Å². The van der Waals surface area contributed by atoms with E-state index < -0.39 is 51.7 Å². The van der Waals surface area contributed by atoms with Crippen LogP contribution in [0.25, 0.3) is 10.9 Å². The third-order valence-corrected chi connectivity index (χ3v) is 5.14. The summed E-state index contributed by atoms with van der Waals surface area (Å²) in [4.78, 5) is 26.3. The van der Waals surface area contributed by atoms with E-state index in [1.54, 1.807) is 0 Å². The third kappa shape index (κ3) is 4.18. The monoisotopic (exact) mass is 466 g/mol. The number of nitrogens with zero attached hydrogens (tertiary/aromatic N) is 4. The van der Waals surface area contributed by atoms with Crippen LogP contribution in [-0.2, 0) is 15.7 Å². The van der Waals surface area contributed by atoms with Gasteiger partial charge in [0.05, 0.1) is 34.7 Å². The van der Waals surface area contributed by atoms with Gasteiger partial charge in [-0.2, -0.15) is 18.3 Å². The number of esters is 1. The zero-order chi connectivity index (χ0) is 23.8. The van der Waals surface area contributed by atoms with E-state index in [-0.39, 0.29) is 10.9 Å². The number of pyridine rings is 1. The Kier molecular flexibility index (Phi) is 5.89. The minimum Gasteiger partial charge on any atom is -0.465 e. The predicted molar refractivity (Wildman–Crippen MR) is 106 cm³/mol. The molecule has 3 heterocycles. The Hall–Kier alpha value is -3.74. The van der Waals surface area contributed by atoms with E-state index in [9.17, 15) is 28.1 Å². The molecule has 0 radical (unpaired) electrons. The molecule has 1 aromatic carbocycles. The van der Waals surface area contributed by atoms with Gasteiger partial charge in [0.15, 0.2) is 12.0 Å². The highest BCUT2D eigenvalue weighted by Gasteiger charge is 2.38. The van der Waals surface area contributed by atoms with Gasteiger partial charge in [-0.25, -0.2) is 14.5 Å². The van der Waals surface area contributed by atoms with Crippen LogP contribution in [0.15, 0.2) is 30.6 Å². The molecule has 33 heavy (non-hydrogen) atoms. The second-order valence-electron chi connectivity index (χ2n) is 7.15. The molecule has 3 aromatic rings. The zero-order valence-electron chi connectivity index (χ0n) is 17.2. The summed E-state index contributed by atoms with van der Waals surface area (Å²) in [6, 6.07) is 3.05. The Morgan fingerprint density at radius 1 is 1.30 bits per heavy atom. The number of hydrogen-bond donors (Lipinski definition) is 0. The molecule has 0 aliphatic carbocycles. The third-order valence-electron chi connectivity index (χ3n) is 5.14. The number of nitro groups is 1. The molecule has 0 amide bonds. The number of rotatable bonds is 5. The number of hydrogen-bond acceptors (Lipinski definition) is 8. The summed E-state index contributed by atoms with van der Waals surface area (Å²) in [6.07, 6.45) is -0.768. The van der Waals surface area contributed by atoms with Gasteiger partial charge in [0.1, 0.15) is 5.56 Å². The quantitative estimate of drug-likeness (QED) is 0.303. The Morgan fingerprint density at radius 3 is 2.73 bits per heavy atom. The van der Waals surface area contributed by atoms with Gasteiger partial charge in [-0.15, -0.1) is 0 Å². The Balaban J connectivity index is 1.89. The number of halogens is 3. The molecule has 4 rings (SSSR count). The normalized spacial score (nSPS) is 16.5. The SMILES string of the molecule is COC(=O)c1ccnc(Oc2c(C(F)(F)F)ccc3c2cnn3C2CCCCO2)c1[N+](=O)[O-]. The molecule has 0 bridgehead atoms. The molecule has 1 atom stereocenters. The summed E-state index contributed by atoms with van der Waals surface area (Å²) in [6.45, 7) is 0.493.